The Morgan fingerprint density at radius 1 is 1.15 bits per heavy atom. The number of anilines is 2. The second kappa shape index (κ2) is 6.82. The van der Waals surface area contributed by atoms with Gasteiger partial charge < -0.3 is 10.2 Å². The number of nitrogens with one attached hydrogen (secondary N) is 1. The second-order valence-electron chi connectivity index (χ2n) is 6.82. The van der Waals surface area contributed by atoms with Crippen LogP contribution in [0.4, 0.5) is 16.2 Å². The molecule has 9 nitrogen and oxygen atoms in total. The molecule has 2 heterocycles. The molecule has 2 aliphatic heterocycles. The first-order valence-corrected chi connectivity index (χ1v) is 8.62. The Bertz CT molecular complexity index is 850. The van der Waals surface area contributed by atoms with Crippen molar-refractivity contribution in [3.63, 3.8) is 0 Å². The number of benzene rings is 1. The maximum atomic E-state index is 13.0. The van der Waals surface area contributed by atoms with Crippen LogP contribution in [-0.4, -0.2) is 58.1 Å². The van der Waals surface area contributed by atoms with Crippen molar-refractivity contribution in [1.82, 2.24) is 9.80 Å². The van der Waals surface area contributed by atoms with Gasteiger partial charge in [0.15, 0.2) is 0 Å². The van der Waals surface area contributed by atoms with Gasteiger partial charge in [-0.15, -0.1) is 0 Å². The summed E-state index contributed by atoms with van der Waals surface area (Å²) >= 11 is 0. The minimum Gasteiger partial charge on any atom is -0.324 e. The number of imide groups is 2. The van der Waals surface area contributed by atoms with Gasteiger partial charge in [-0.05, 0) is 32.9 Å². The molecule has 1 saturated heterocycles. The molecular formula is C18H20N4O5. The van der Waals surface area contributed by atoms with Crippen LogP contribution in [0.1, 0.15) is 27.2 Å². The van der Waals surface area contributed by atoms with Crippen molar-refractivity contribution < 1.29 is 24.0 Å². The first-order chi connectivity index (χ1) is 12.7. The van der Waals surface area contributed by atoms with E-state index < -0.39 is 42.4 Å². The smallest absolute Gasteiger partial charge is 0.324 e. The lowest BCUT2D eigenvalue weighted by Crippen LogP contribution is -2.47. The Hall–Kier alpha value is -3.23. The number of para-hydroxylation sites is 2. The summed E-state index contributed by atoms with van der Waals surface area (Å²) in [5.41, 5.74) is 0.950. The summed E-state index contributed by atoms with van der Waals surface area (Å²) in [6, 6.07) is 5.01. The SMILES string of the molecule is CC(C)N1C(=O)C(=O)N(CC(=O)N2c3ccccc3NC(=O)CC2C)C1=O. The van der Waals surface area contributed by atoms with Crippen molar-refractivity contribution in [2.24, 2.45) is 0 Å². The van der Waals surface area contributed by atoms with Gasteiger partial charge in [0.25, 0.3) is 0 Å². The van der Waals surface area contributed by atoms with Crippen molar-refractivity contribution in [3.05, 3.63) is 24.3 Å². The zero-order chi connectivity index (χ0) is 19.9. The summed E-state index contributed by atoms with van der Waals surface area (Å²) < 4.78 is 0. The highest BCUT2D eigenvalue weighted by Gasteiger charge is 2.47. The molecule has 1 N–H and O–H groups in total. The highest BCUT2D eigenvalue weighted by atomic mass is 16.2. The lowest BCUT2D eigenvalue weighted by Gasteiger charge is -2.29. The first-order valence-electron chi connectivity index (χ1n) is 8.62. The molecule has 0 bridgehead atoms. The summed E-state index contributed by atoms with van der Waals surface area (Å²) in [7, 11) is 0. The van der Waals surface area contributed by atoms with Crippen LogP contribution in [0.3, 0.4) is 0 Å². The van der Waals surface area contributed by atoms with Crippen molar-refractivity contribution in [2.45, 2.75) is 39.3 Å². The fourth-order valence-electron chi connectivity index (χ4n) is 3.30. The van der Waals surface area contributed by atoms with E-state index in [2.05, 4.69) is 5.32 Å². The Morgan fingerprint density at radius 2 is 1.81 bits per heavy atom. The predicted molar refractivity (Wildman–Crippen MR) is 95.7 cm³/mol. The fourth-order valence-corrected chi connectivity index (χ4v) is 3.30. The van der Waals surface area contributed by atoms with E-state index in [0.717, 1.165) is 4.90 Å². The minimum absolute atomic E-state index is 0.0688. The molecule has 6 amide bonds. The zero-order valence-corrected chi connectivity index (χ0v) is 15.3. The maximum Gasteiger partial charge on any atom is 0.334 e. The maximum absolute atomic E-state index is 13.0. The largest absolute Gasteiger partial charge is 0.334 e. The molecule has 1 aromatic rings. The average Bonchev–Trinajstić information content (AvgIpc) is 2.73. The van der Waals surface area contributed by atoms with Crippen LogP contribution < -0.4 is 10.2 Å². The van der Waals surface area contributed by atoms with E-state index in [9.17, 15) is 24.0 Å². The molecule has 9 heteroatoms. The number of fused-ring (bicyclic) bond motifs is 1. The standard InChI is InChI=1S/C18H20N4O5/c1-10(2)21-17(26)16(25)20(18(21)27)9-15(24)22-11(3)8-14(23)19-12-6-4-5-7-13(12)22/h4-7,10-11H,8-9H2,1-3H3,(H,19,23). The van der Waals surface area contributed by atoms with E-state index >= 15 is 0 Å². The van der Waals surface area contributed by atoms with Crippen LogP contribution >= 0.6 is 0 Å². The van der Waals surface area contributed by atoms with Crippen LogP contribution in [-0.2, 0) is 19.2 Å². The zero-order valence-electron chi connectivity index (χ0n) is 15.3. The molecule has 0 aromatic heterocycles. The third kappa shape index (κ3) is 3.16. The summed E-state index contributed by atoms with van der Waals surface area (Å²) in [5, 5.41) is 2.74. The van der Waals surface area contributed by atoms with Crippen molar-refractivity contribution in [1.29, 1.82) is 0 Å². The monoisotopic (exact) mass is 372 g/mol. The molecule has 0 saturated carbocycles. The molecule has 27 heavy (non-hydrogen) atoms. The van der Waals surface area contributed by atoms with Gasteiger partial charge in [0.2, 0.25) is 11.8 Å². The minimum atomic E-state index is -1.02. The summed E-state index contributed by atoms with van der Waals surface area (Å²) in [5.74, 6) is -2.75. The Kier molecular flexibility index (Phi) is 4.69. The summed E-state index contributed by atoms with van der Waals surface area (Å²) in [6.07, 6.45) is 0.0688. The topological polar surface area (TPSA) is 107 Å². The Morgan fingerprint density at radius 3 is 2.44 bits per heavy atom. The molecule has 1 fully saturated rings. The van der Waals surface area contributed by atoms with Crippen molar-refractivity contribution in [3.8, 4) is 0 Å². The number of hydrogen-bond acceptors (Lipinski definition) is 5. The van der Waals surface area contributed by atoms with E-state index in [-0.39, 0.29) is 12.3 Å². The third-order valence-electron chi connectivity index (χ3n) is 4.52. The van der Waals surface area contributed by atoms with E-state index in [0.29, 0.717) is 16.3 Å². The summed E-state index contributed by atoms with van der Waals surface area (Å²) in [4.78, 5) is 64.5. The van der Waals surface area contributed by atoms with Crippen LogP contribution in [0.5, 0.6) is 0 Å². The Balaban J connectivity index is 1.90. The quantitative estimate of drug-likeness (QED) is 0.628. The molecule has 1 unspecified atom stereocenters. The average molecular weight is 372 g/mol. The number of carbonyl (C=O) groups excluding carboxylic acids is 5. The van der Waals surface area contributed by atoms with Crippen molar-refractivity contribution >= 4 is 41.0 Å². The van der Waals surface area contributed by atoms with E-state index in [1.165, 1.54) is 4.90 Å². The van der Waals surface area contributed by atoms with E-state index in [4.69, 9.17) is 0 Å². The van der Waals surface area contributed by atoms with Gasteiger partial charge in [-0.2, -0.15) is 0 Å². The number of nitrogens with zero attached hydrogens (tertiary/aromatic N) is 3. The van der Waals surface area contributed by atoms with Gasteiger partial charge in [0.1, 0.15) is 6.54 Å². The lowest BCUT2D eigenvalue weighted by atomic mass is 10.1. The van der Waals surface area contributed by atoms with Crippen LogP contribution in [0, 0.1) is 0 Å². The molecule has 2 aliphatic rings. The van der Waals surface area contributed by atoms with E-state index in [1.54, 1.807) is 45.0 Å². The molecule has 1 aromatic carbocycles. The highest BCUT2D eigenvalue weighted by Crippen LogP contribution is 2.31. The van der Waals surface area contributed by atoms with Gasteiger partial charge in [0.05, 0.1) is 11.4 Å². The Labute approximate surface area is 155 Å². The van der Waals surface area contributed by atoms with Crippen LogP contribution in [0.25, 0.3) is 0 Å². The van der Waals surface area contributed by atoms with Crippen LogP contribution in [0.15, 0.2) is 24.3 Å². The molecular weight excluding hydrogens is 352 g/mol. The predicted octanol–water partition coefficient (Wildman–Crippen LogP) is 0.950. The number of hydrogen-bond donors (Lipinski definition) is 1. The third-order valence-corrected chi connectivity index (χ3v) is 4.52. The molecule has 0 spiro atoms. The van der Waals surface area contributed by atoms with Gasteiger partial charge >= 0.3 is 17.8 Å². The highest BCUT2D eigenvalue weighted by molar-refractivity contribution is 6.45. The number of amides is 6. The molecule has 1 atom stereocenters. The fraction of sp³-hybridized carbons (Fsp3) is 0.389. The normalized spacial score (nSPS) is 20.1. The second-order valence-corrected chi connectivity index (χ2v) is 6.82. The van der Waals surface area contributed by atoms with E-state index in [1.807, 2.05) is 0 Å². The first kappa shape index (κ1) is 18.6. The lowest BCUT2D eigenvalue weighted by molar-refractivity contribution is -0.144. The molecule has 3 rings (SSSR count). The molecule has 142 valence electrons. The molecule has 0 radical (unpaired) electrons. The van der Waals surface area contributed by atoms with Gasteiger partial charge in [-0.25, -0.2) is 9.69 Å². The molecule has 0 aliphatic carbocycles. The number of rotatable bonds is 3. The van der Waals surface area contributed by atoms with Crippen LogP contribution in [0.2, 0.25) is 0 Å². The number of carbonyl (C=O) groups is 5. The van der Waals surface area contributed by atoms with Crippen molar-refractivity contribution in [2.75, 3.05) is 16.8 Å². The van der Waals surface area contributed by atoms with Gasteiger partial charge in [-0.1, -0.05) is 12.1 Å². The van der Waals surface area contributed by atoms with Gasteiger partial charge in [-0.3, -0.25) is 24.1 Å². The van der Waals surface area contributed by atoms with Gasteiger partial charge in [0, 0.05) is 18.5 Å². The number of urea groups is 1. The summed E-state index contributed by atoms with van der Waals surface area (Å²) in [6.45, 7) is 4.36.